The van der Waals surface area contributed by atoms with Gasteiger partial charge in [0.2, 0.25) is 0 Å². The van der Waals surface area contributed by atoms with E-state index in [0.717, 1.165) is 11.8 Å². The maximum absolute atomic E-state index is 2.35. The number of hydrogen-bond acceptors (Lipinski definition) is 0. The van der Waals surface area contributed by atoms with Crippen LogP contribution in [0.2, 0.25) is 0 Å². The van der Waals surface area contributed by atoms with Crippen LogP contribution in [0.15, 0.2) is 0 Å². The van der Waals surface area contributed by atoms with Crippen molar-refractivity contribution in [1.29, 1.82) is 0 Å². The van der Waals surface area contributed by atoms with Crippen molar-refractivity contribution in [1.82, 2.24) is 0 Å². The molecule has 0 heterocycles. The summed E-state index contributed by atoms with van der Waals surface area (Å²) in [6, 6.07) is 0. The fraction of sp³-hybridized carbons (Fsp3) is 1.00. The van der Waals surface area contributed by atoms with Crippen LogP contribution in [0.5, 0.6) is 0 Å². The van der Waals surface area contributed by atoms with Gasteiger partial charge in [-0.05, 0) is 18.3 Å². The van der Waals surface area contributed by atoms with Crippen molar-refractivity contribution in [3.05, 3.63) is 0 Å². The number of unbranched alkanes of at least 4 members (excludes halogenated alkanes) is 1. The van der Waals surface area contributed by atoms with Gasteiger partial charge in [0.15, 0.2) is 0 Å². The van der Waals surface area contributed by atoms with E-state index in [0.29, 0.717) is 0 Å². The Labute approximate surface area is 85.1 Å². The molecule has 0 aliphatic rings. The van der Waals surface area contributed by atoms with Crippen LogP contribution < -0.4 is 0 Å². The van der Waals surface area contributed by atoms with Gasteiger partial charge in [0, 0.05) is 0 Å². The fourth-order valence-electron chi connectivity index (χ4n) is 2.07. The Hall–Kier alpha value is 0. The molecule has 0 bridgehead atoms. The molecule has 1 unspecified atom stereocenters. The lowest BCUT2D eigenvalue weighted by Gasteiger charge is -2.20. The molecule has 1 atom stereocenters. The van der Waals surface area contributed by atoms with E-state index in [-0.39, 0.29) is 0 Å². The molecule has 0 fully saturated rings. The molecule has 0 amide bonds. The van der Waals surface area contributed by atoms with Crippen LogP contribution in [0, 0.1) is 11.8 Å². The first kappa shape index (κ1) is 13.0. The van der Waals surface area contributed by atoms with Gasteiger partial charge in [0.25, 0.3) is 0 Å². The molecule has 0 aliphatic carbocycles. The van der Waals surface area contributed by atoms with E-state index in [2.05, 4.69) is 27.7 Å². The predicted molar refractivity (Wildman–Crippen MR) is 62.0 cm³/mol. The highest BCUT2D eigenvalue weighted by Gasteiger charge is 2.11. The molecular weight excluding hydrogens is 156 g/mol. The quantitative estimate of drug-likeness (QED) is 0.496. The topological polar surface area (TPSA) is 0 Å². The zero-order chi connectivity index (χ0) is 10.1. The molecule has 0 N–H and O–H groups in total. The number of hydrogen-bond donors (Lipinski definition) is 0. The molecule has 0 aromatic rings. The fourth-order valence-corrected chi connectivity index (χ4v) is 2.07. The third kappa shape index (κ3) is 6.12. The molecule has 13 heavy (non-hydrogen) atoms. The van der Waals surface area contributed by atoms with Crippen LogP contribution >= 0.6 is 0 Å². The Morgan fingerprint density at radius 3 is 1.69 bits per heavy atom. The number of rotatable bonds is 8. The summed E-state index contributed by atoms with van der Waals surface area (Å²) >= 11 is 0. The van der Waals surface area contributed by atoms with Gasteiger partial charge < -0.3 is 0 Å². The highest BCUT2D eigenvalue weighted by atomic mass is 14.2. The van der Waals surface area contributed by atoms with Crippen molar-refractivity contribution in [3.8, 4) is 0 Å². The van der Waals surface area contributed by atoms with Gasteiger partial charge >= 0.3 is 0 Å². The van der Waals surface area contributed by atoms with Gasteiger partial charge in [-0.3, -0.25) is 0 Å². The van der Waals surface area contributed by atoms with Crippen molar-refractivity contribution >= 4 is 0 Å². The average molecular weight is 184 g/mol. The lowest BCUT2D eigenvalue weighted by Crippen LogP contribution is -2.07. The van der Waals surface area contributed by atoms with Gasteiger partial charge in [0.05, 0.1) is 0 Å². The molecule has 0 aromatic heterocycles. The molecule has 0 aromatic carbocycles. The molecule has 0 spiro atoms. The molecule has 0 saturated heterocycles. The molecule has 80 valence electrons. The monoisotopic (exact) mass is 184 g/mol. The largest absolute Gasteiger partial charge is 0.0654 e. The summed E-state index contributed by atoms with van der Waals surface area (Å²) in [5.41, 5.74) is 0. The lowest BCUT2D eigenvalue weighted by molar-refractivity contribution is 0.324. The Kier molecular flexibility index (Phi) is 8.59. The first-order valence-corrected chi connectivity index (χ1v) is 6.28. The standard InChI is InChI=1S/C13H28/c1-5-9-10-13(8-4)11-12(6-2)7-3/h12-13H,5-11H2,1-4H3. The van der Waals surface area contributed by atoms with Gasteiger partial charge in [-0.2, -0.15) is 0 Å². The van der Waals surface area contributed by atoms with Crippen molar-refractivity contribution in [2.24, 2.45) is 11.8 Å². The molecule has 0 heteroatoms. The van der Waals surface area contributed by atoms with E-state index in [1.54, 1.807) is 0 Å². The molecular formula is C13H28. The highest BCUT2D eigenvalue weighted by Crippen LogP contribution is 2.25. The van der Waals surface area contributed by atoms with Crippen molar-refractivity contribution in [2.45, 2.75) is 72.6 Å². The second-order valence-electron chi connectivity index (χ2n) is 4.33. The van der Waals surface area contributed by atoms with E-state index in [1.807, 2.05) is 0 Å². The van der Waals surface area contributed by atoms with Crippen LogP contribution in [-0.2, 0) is 0 Å². The maximum Gasteiger partial charge on any atom is -0.0414 e. The summed E-state index contributed by atoms with van der Waals surface area (Å²) in [5, 5.41) is 0. The minimum absolute atomic E-state index is 0.988. The van der Waals surface area contributed by atoms with E-state index in [1.165, 1.54) is 44.9 Å². The SMILES string of the molecule is CCCCC(CC)CC(CC)CC. The van der Waals surface area contributed by atoms with Crippen LogP contribution in [0.4, 0.5) is 0 Å². The minimum Gasteiger partial charge on any atom is -0.0654 e. The summed E-state index contributed by atoms with van der Waals surface area (Å²) in [4.78, 5) is 0. The van der Waals surface area contributed by atoms with E-state index in [9.17, 15) is 0 Å². The van der Waals surface area contributed by atoms with Gasteiger partial charge in [0.1, 0.15) is 0 Å². The Morgan fingerprint density at radius 2 is 1.31 bits per heavy atom. The summed E-state index contributed by atoms with van der Waals surface area (Å²) < 4.78 is 0. The van der Waals surface area contributed by atoms with Crippen molar-refractivity contribution < 1.29 is 0 Å². The van der Waals surface area contributed by atoms with Crippen LogP contribution in [0.1, 0.15) is 72.6 Å². The Bertz CT molecular complexity index is 92.2. The third-order valence-corrected chi connectivity index (χ3v) is 3.36. The normalized spacial score (nSPS) is 13.6. The van der Waals surface area contributed by atoms with Gasteiger partial charge in [-0.15, -0.1) is 0 Å². The third-order valence-electron chi connectivity index (χ3n) is 3.36. The van der Waals surface area contributed by atoms with Crippen molar-refractivity contribution in [3.63, 3.8) is 0 Å². The minimum atomic E-state index is 0.988. The van der Waals surface area contributed by atoms with E-state index in [4.69, 9.17) is 0 Å². The van der Waals surface area contributed by atoms with E-state index >= 15 is 0 Å². The second-order valence-corrected chi connectivity index (χ2v) is 4.33. The maximum atomic E-state index is 2.35. The predicted octanol–water partition coefficient (Wildman–Crippen LogP) is 5.03. The summed E-state index contributed by atoms with van der Waals surface area (Å²) in [7, 11) is 0. The Balaban J connectivity index is 3.67. The Morgan fingerprint density at radius 1 is 0.769 bits per heavy atom. The van der Waals surface area contributed by atoms with Gasteiger partial charge in [-0.25, -0.2) is 0 Å². The lowest BCUT2D eigenvalue weighted by atomic mass is 9.86. The highest BCUT2D eigenvalue weighted by molar-refractivity contribution is 4.63. The van der Waals surface area contributed by atoms with E-state index < -0.39 is 0 Å². The van der Waals surface area contributed by atoms with Crippen LogP contribution in [0.3, 0.4) is 0 Å². The first-order chi connectivity index (χ1) is 6.28. The zero-order valence-electron chi connectivity index (χ0n) is 10.1. The summed E-state index contributed by atoms with van der Waals surface area (Å²) in [6.07, 6.45) is 9.86. The van der Waals surface area contributed by atoms with Crippen molar-refractivity contribution in [2.75, 3.05) is 0 Å². The van der Waals surface area contributed by atoms with Gasteiger partial charge in [-0.1, -0.05) is 66.2 Å². The molecule has 0 saturated carbocycles. The van der Waals surface area contributed by atoms with Crippen LogP contribution in [0.25, 0.3) is 0 Å². The summed E-state index contributed by atoms with van der Waals surface area (Å²) in [5.74, 6) is 1.99. The molecule has 0 rings (SSSR count). The summed E-state index contributed by atoms with van der Waals surface area (Å²) in [6.45, 7) is 9.31. The molecule has 0 radical (unpaired) electrons. The first-order valence-electron chi connectivity index (χ1n) is 6.28. The zero-order valence-corrected chi connectivity index (χ0v) is 10.1. The average Bonchev–Trinajstić information content (AvgIpc) is 2.19. The second kappa shape index (κ2) is 8.59. The van der Waals surface area contributed by atoms with Crippen LogP contribution in [-0.4, -0.2) is 0 Å². The molecule has 0 aliphatic heterocycles. The molecule has 0 nitrogen and oxygen atoms in total. The smallest absolute Gasteiger partial charge is 0.0414 e.